The second kappa shape index (κ2) is 8.34. The van der Waals surface area contributed by atoms with Crippen molar-refractivity contribution in [2.24, 2.45) is 5.92 Å². The SMILES string of the molecule is COC(=O)c1cc(Nc2ncc(C(F)(F)F)c(NCCC3CC3)n2)ccc1Br. The largest absolute Gasteiger partial charge is 0.465 e. The Morgan fingerprint density at radius 3 is 2.75 bits per heavy atom. The van der Waals surface area contributed by atoms with Gasteiger partial charge in [-0.15, -0.1) is 0 Å². The van der Waals surface area contributed by atoms with Crippen LogP contribution in [-0.2, 0) is 10.9 Å². The van der Waals surface area contributed by atoms with Gasteiger partial charge in [-0.1, -0.05) is 12.8 Å². The van der Waals surface area contributed by atoms with Crippen LogP contribution in [0.4, 0.5) is 30.6 Å². The number of esters is 1. The molecule has 0 saturated heterocycles. The van der Waals surface area contributed by atoms with E-state index in [1.54, 1.807) is 12.1 Å². The number of nitrogens with zero attached hydrogens (tertiary/aromatic N) is 2. The molecule has 2 N–H and O–H groups in total. The number of anilines is 3. The fraction of sp³-hybridized carbons (Fsp3) is 0.389. The molecule has 1 fully saturated rings. The molecule has 2 aromatic rings. The molecular formula is C18H18BrF3N4O2. The smallest absolute Gasteiger partial charge is 0.421 e. The van der Waals surface area contributed by atoms with Crippen molar-refractivity contribution in [3.63, 3.8) is 0 Å². The van der Waals surface area contributed by atoms with Crippen molar-refractivity contribution >= 4 is 39.4 Å². The zero-order chi connectivity index (χ0) is 20.3. The monoisotopic (exact) mass is 458 g/mol. The molecule has 0 aliphatic heterocycles. The maximum absolute atomic E-state index is 13.2. The zero-order valence-corrected chi connectivity index (χ0v) is 16.5. The Hall–Kier alpha value is -2.36. The average molecular weight is 459 g/mol. The Morgan fingerprint density at radius 1 is 1.36 bits per heavy atom. The fourth-order valence-electron chi connectivity index (χ4n) is 2.58. The number of carbonyl (C=O) groups excluding carboxylic acids is 1. The summed E-state index contributed by atoms with van der Waals surface area (Å²) in [6, 6.07) is 4.75. The van der Waals surface area contributed by atoms with Crippen LogP contribution in [0.2, 0.25) is 0 Å². The molecule has 1 aromatic carbocycles. The Balaban J connectivity index is 1.82. The molecule has 1 saturated carbocycles. The summed E-state index contributed by atoms with van der Waals surface area (Å²) in [5, 5.41) is 5.60. The van der Waals surface area contributed by atoms with Crippen molar-refractivity contribution in [3.05, 3.63) is 40.0 Å². The zero-order valence-electron chi connectivity index (χ0n) is 14.9. The summed E-state index contributed by atoms with van der Waals surface area (Å²) in [5.74, 6) is -0.247. The van der Waals surface area contributed by atoms with Crippen LogP contribution >= 0.6 is 15.9 Å². The van der Waals surface area contributed by atoms with Gasteiger partial charge in [0.05, 0.1) is 12.7 Å². The Morgan fingerprint density at radius 2 is 2.11 bits per heavy atom. The van der Waals surface area contributed by atoms with Gasteiger partial charge in [0.15, 0.2) is 0 Å². The molecule has 1 aliphatic carbocycles. The van der Waals surface area contributed by atoms with Gasteiger partial charge in [-0.2, -0.15) is 18.2 Å². The maximum Gasteiger partial charge on any atom is 0.421 e. The highest BCUT2D eigenvalue weighted by molar-refractivity contribution is 9.10. The van der Waals surface area contributed by atoms with Crippen molar-refractivity contribution in [1.82, 2.24) is 9.97 Å². The van der Waals surface area contributed by atoms with E-state index in [1.165, 1.54) is 13.2 Å². The first-order chi connectivity index (χ1) is 13.3. The number of carbonyl (C=O) groups is 1. The topological polar surface area (TPSA) is 76.1 Å². The standard InChI is InChI=1S/C18H18BrF3N4O2/c1-28-16(27)12-8-11(4-5-14(12)19)25-17-24-9-13(18(20,21)22)15(26-17)23-7-6-10-2-3-10/h4-5,8-10H,2-3,6-7H2,1H3,(H2,23,24,25,26). The van der Waals surface area contributed by atoms with Gasteiger partial charge in [0.1, 0.15) is 11.4 Å². The minimum Gasteiger partial charge on any atom is -0.465 e. The van der Waals surface area contributed by atoms with E-state index in [4.69, 9.17) is 4.74 Å². The molecule has 0 amide bonds. The lowest BCUT2D eigenvalue weighted by Gasteiger charge is -2.15. The Kier molecular flexibility index (Phi) is 6.07. The van der Waals surface area contributed by atoms with Gasteiger partial charge in [0.2, 0.25) is 5.95 Å². The third kappa shape index (κ3) is 5.12. The van der Waals surface area contributed by atoms with Crippen LogP contribution in [0.25, 0.3) is 0 Å². The van der Waals surface area contributed by atoms with Gasteiger partial charge in [-0.25, -0.2) is 9.78 Å². The lowest BCUT2D eigenvalue weighted by Crippen LogP contribution is -2.15. The van der Waals surface area contributed by atoms with E-state index in [2.05, 4.69) is 36.5 Å². The van der Waals surface area contributed by atoms with E-state index in [0.29, 0.717) is 22.6 Å². The molecule has 28 heavy (non-hydrogen) atoms. The number of aromatic nitrogens is 2. The quantitative estimate of drug-likeness (QED) is 0.568. The molecule has 1 aromatic heterocycles. The highest BCUT2D eigenvalue weighted by Gasteiger charge is 2.35. The Labute approximate surface area is 168 Å². The molecule has 0 unspecified atom stereocenters. The Bertz CT molecular complexity index is 872. The summed E-state index contributed by atoms with van der Waals surface area (Å²) in [5.41, 5.74) is -0.214. The number of nitrogens with one attached hydrogen (secondary N) is 2. The van der Waals surface area contributed by atoms with Crippen LogP contribution in [0.3, 0.4) is 0 Å². The molecule has 10 heteroatoms. The summed E-state index contributed by atoms with van der Waals surface area (Å²) in [4.78, 5) is 19.5. The van der Waals surface area contributed by atoms with Crippen LogP contribution in [0, 0.1) is 5.92 Å². The first-order valence-corrected chi connectivity index (χ1v) is 9.40. The fourth-order valence-corrected chi connectivity index (χ4v) is 2.99. The van der Waals surface area contributed by atoms with Crippen molar-refractivity contribution in [2.45, 2.75) is 25.4 Å². The molecule has 0 radical (unpaired) electrons. The number of benzene rings is 1. The van der Waals surface area contributed by atoms with Crippen molar-refractivity contribution in [2.75, 3.05) is 24.3 Å². The van der Waals surface area contributed by atoms with Gasteiger partial charge in [-0.3, -0.25) is 0 Å². The summed E-state index contributed by atoms with van der Waals surface area (Å²) in [6.07, 6.45) is -0.767. The number of ether oxygens (including phenoxy) is 1. The van der Waals surface area contributed by atoms with Gasteiger partial charge < -0.3 is 15.4 Å². The predicted molar refractivity (Wildman–Crippen MR) is 102 cm³/mol. The number of hydrogen-bond acceptors (Lipinski definition) is 6. The number of hydrogen-bond donors (Lipinski definition) is 2. The van der Waals surface area contributed by atoms with Crippen LogP contribution in [0.15, 0.2) is 28.9 Å². The summed E-state index contributed by atoms with van der Waals surface area (Å²) in [7, 11) is 1.26. The predicted octanol–water partition coefficient (Wildman–Crippen LogP) is 5.00. The van der Waals surface area contributed by atoms with E-state index >= 15 is 0 Å². The highest BCUT2D eigenvalue weighted by Crippen LogP contribution is 2.35. The molecule has 150 valence electrons. The third-order valence-electron chi connectivity index (χ3n) is 4.26. The second-order valence-corrected chi connectivity index (χ2v) is 7.28. The van der Waals surface area contributed by atoms with E-state index < -0.39 is 17.7 Å². The molecule has 0 bridgehead atoms. The van der Waals surface area contributed by atoms with Gasteiger partial charge >= 0.3 is 12.1 Å². The number of rotatable bonds is 7. The van der Waals surface area contributed by atoms with E-state index in [0.717, 1.165) is 25.5 Å². The van der Waals surface area contributed by atoms with E-state index in [1.807, 2.05) is 0 Å². The summed E-state index contributed by atoms with van der Waals surface area (Å²) < 4.78 is 44.9. The van der Waals surface area contributed by atoms with Crippen molar-refractivity contribution < 1.29 is 22.7 Å². The first kappa shape index (κ1) is 20.4. The summed E-state index contributed by atoms with van der Waals surface area (Å²) >= 11 is 3.25. The molecule has 1 heterocycles. The normalized spacial score (nSPS) is 13.9. The van der Waals surface area contributed by atoms with E-state index in [-0.39, 0.29) is 17.3 Å². The molecular weight excluding hydrogens is 441 g/mol. The van der Waals surface area contributed by atoms with Crippen molar-refractivity contribution in [3.8, 4) is 0 Å². The van der Waals surface area contributed by atoms with Crippen LogP contribution in [0.5, 0.6) is 0 Å². The molecule has 0 spiro atoms. The molecule has 6 nitrogen and oxygen atoms in total. The lowest BCUT2D eigenvalue weighted by atomic mass is 10.2. The van der Waals surface area contributed by atoms with E-state index in [9.17, 15) is 18.0 Å². The third-order valence-corrected chi connectivity index (χ3v) is 4.96. The summed E-state index contributed by atoms with van der Waals surface area (Å²) in [6.45, 7) is 0.412. The number of alkyl halides is 3. The van der Waals surface area contributed by atoms with Crippen LogP contribution < -0.4 is 10.6 Å². The highest BCUT2D eigenvalue weighted by atomic mass is 79.9. The average Bonchev–Trinajstić information content (AvgIpc) is 3.46. The lowest BCUT2D eigenvalue weighted by molar-refractivity contribution is -0.137. The number of halogens is 4. The van der Waals surface area contributed by atoms with Gasteiger partial charge in [0.25, 0.3) is 0 Å². The maximum atomic E-state index is 13.2. The molecule has 0 atom stereocenters. The van der Waals surface area contributed by atoms with Crippen molar-refractivity contribution in [1.29, 1.82) is 0 Å². The first-order valence-electron chi connectivity index (χ1n) is 8.61. The second-order valence-electron chi connectivity index (χ2n) is 6.42. The molecule has 3 rings (SSSR count). The van der Waals surface area contributed by atoms with Crippen LogP contribution in [0.1, 0.15) is 35.2 Å². The van der Waals surface area contributed by atoms with Gasteiger partial charge in [-0.05, 0) is 46.5 Å². The van der Waals surface area contributed by atoms with Crippen LogP contribution in [-0.4, -0.2) is 29.6 Å². The van der Waals surface area contributed by atoms with Gasteiger partial charge in [0, 0.05) is 22.9 Å². The molecule has 1 aliphatic rings. The minimum absolute atomic E-state index is 0.0138. The number of methoxy groups -OCH3 is 1. The minimum atomic E-state index is -4.56.